The number of ether oxygens (including phenoxy) is 3. The van der Waals surface area contributed by atoms with Crippen LogP contribution in [0.15, 0.2) is 42.5 Å². The fourth-order valence-corrected chi connectivity index (χ4v) is 2.61. The van der Waals surface area contributed by atoms with Crippen LogP contribution in [0, 0.1) is 0 Å². The molecule has 140 valence electrons. The lowest BCUT2D eigenvalue weighted by atomic mass is 10.1. The number of carbonyl (C=O) groups excluding carboxylic acids is 1. The van der Waals surface area contributed by atoms with E-state index >= 15 is 0 Å². The molecule has 6 heteroatoms. The Bertz CT molecular complexity index is 718. The van der Waals surface area contributed by atoms with Crippen molar-refractivity contribution in [2.45, 2.75) is 25.9 Å². The highest BCUT2D eigenvalue weighted by atomic mass is 35.5. The third-order valence-electron chi connectivity index (χ3n) is 3.92. The maximum Gasteiger partial charge on any atom is 0.261 e. The predicted molar refractivity (Wildman–Crippen MR) is 102 cm³/mol. The van der Waals surface area contributed by atoms with Crippen molar-refractivity contribution in [2.24, 2.45) is 0 Å². The summed E-state index contributed by atoms with van der Waals surface area (Å²) in [4.78, 5) is 12.4. The fraction of sp³-hybridized carbons (Fsp3) is 0.350. The number of benzene rings is 2. The number of amides is 1. The molecular formula is C20H24ClNO4. The van der Waals surface area contributed by atoms with E-state index in [4.69, 9.17) is 25.8 Å². The van der Waals surface area contributed by atoms with Crippen molar-refractivity contribution < 1.29 is 19.0 Å². The highest BCUT2D eigenvalue weighted by Gasteiger charge is 2.18. The Balaban J connectivity index is 1.87. The normalized spacial score (nSPS) is 11.5. The van der Waals surface area contributed by atoms with E-state index in [9.17, 15) is 4.79 Å². The van der Waals surface area contributed by atoms with Gasteiger partial charge in [0.25, 0.3) is 5.91 Å². The summed E-state index contributed by atoms with van der Waals surface area (Å²) in [6, 6.07) is 12.7. The summed E-state index contributed by atoms with van der Waals surface area (Å²) in [7, 11) is 3.20. The van der Waals surface area contributed by atoms with Gasteiger partial charge in [-0.1, -0.05) is 24.6 Å². The second-order valence-corrected chi connectivity index (χ2v) is 6.14. The SMILES string of the molecule is CC[C@H](Oc1ccc(Cl)cc1)C(=O)NCCc1ccc(OC)c(OC)c1. The topological polar surface area (TPSA) is 56.8 Å². The van der Waals surface area contributed by atoms with Crippen LogP contribution in [0.4, 0.5) is 0 Å². The van der Waals surface area contributed by atoms with Crippen molar-refractivity contribution in [3.8, 4) is 17.2 Å². The summed E-state index contributed by atoms with van der Waals surface area (Å²) in [5.41, 5.74) is 1.05. The first-order valence-corrected chi connectivity index (χ1v) is 8.86. The largest absolute Gasteiger partial charge is 0.493 e. The Labute approximate surface area is 159 Å². The minimum absolute atomic E-state index is 0.136. The van der Waals surface area contributed by atoms with E-state index in [1.165, 1.54) is 0 Å². The van der Waals surface area contributed by atoms with Crippen molar-refractivity contribution in [3.05, 3.63) is 53.1 Å². The van der Waals surface area contributed by atoms with Crippen LogP contribution in [0.2, 0.25) is 5.02 Å². The predicted octanol–water partition coefficient (Wildman–Crippen LogP) is 3.87. The van der Waals surface area contributed by atoms with Crippen LogP contribution in [0.5, 0.6) is 17.2 Å². The molecule has 1 amide bonds. The molecule has 2 aromatic rings. The van der Waals surface area contributed by atoms with Gasteiger partial charge in [0.1, 0.15) is 5.75 Å². The molecular weight excluding hydrogens is 354 g/mol. The number of halogens is 1. The molecule has 0 unspecified atom stereocenters. The summed E-state index contributed by atoms with van der Waals surface area (Å²) in [5.74, 6) is 1.84. The molecule has 1 atom stereocenters. The summed E-state index contributed by atoms with van der Waals surface area (Å²) in [6.45, 7) is 2.42. The number of carbonyl (C=O) groups is 1. The monoisotopic (exact) mass is 377 g/mol. The van der Waals surface area contributed by atoms with Crippen LogP contribution in [0.1, 0.15) is 18.9 Å². The molecule has 2 aromatic carbocycles. The van der Waals surface area contributed by atoms with Crippen LogP contribution in [0.25, 0.3) is 0 Å². The maximum atomic E-state index is 12.4. The number of rotatable bonds is 9. The second-order valence-electron chi connectivity index (χ2n) is 5.70. The van der Waals surface area contributed by atoms with E-state index in [-0.39, 0.29) is 5.91 Å². The Morgan fingerprint density at radius 1 is 1.08 bits per heavy atom. The number of hydrogen-bond donors (Lipinski definition) is 1. The zero-order chi connectivity index (χ0) is 18.9. The lowest BCUT2D eigenvalue weighted by Gasteiger charge is -2.17. The molecule has 0 bridgehead atoms. The molecule has 0 aliphatic rings. The average molecular weight is 378 g/mol. The van der Waals surface area contributed by atoms with Gasteiger partial charge < -0.3 is 19.5 Å². The molecule has 26 heavy (non-hydrogen) atoms. The lowest BCUT2D eigenvalue weighted by molar-refractivity contribution is -0.128. The molecule has 0 aliphatic heterocycles. The molecule has 5 nitrogen and oxygen atoms in total. The highest BCUT2D eigenvalue weighted by molar-refractivity contribution is 6.30. The van der Waals surface area contributed by atoms with E-state index in [1.807, 2.05) is 25.1 Å². The minimum Gasteiger partial charge on any atom is -0.493 e. The van der Waals surface area contributed by atoms with Gasteiger partial charge in [0.15, 0.2) is 17.6 Å². The molecule has 0 spiro atoms. The molecule has 0 aromatic heterocycles. The van der Waals surface area contributed by atoms with Crippen molar-refractivity contribution in [3.63, 3.8) is 0 Å². The van der Waals surface area contributed by atoms with Crippen LogP contribution in [-0.2, 0) is 11.2 Å². The van der Waals surface area contributed by atoms with Crippen LogP contribution < -0.4 is 19.5 Å². The average Bonchev–Trinajstić information content (AvgIpc) is 2.67. The third-order valence-corrected chi connectivity index (χ3v) is 4.17. The maximum absolute atomic E-state index is 12.4. The smallest absolute Gasteiger partial charge is 0.261 e. The van der Waals surface area contributed by atoms with Gasteiger partial charge in [-0.3, -0.25) is 4.79 Å². The molecule has 1 N–H and O–H groups in total. The quantitative estimate of drug-likeness (QED) is 0.720. The van der Waals surface area contributed by atoms with Crippen molar-refractivity contribution >= 4 is 17.5 Å². The van der Waals surface area contributed by atoms with Crippen LogP contribution >= 0.6 is 11.6 Å². The summed E-state index contributed by atoms with van der Waals surface area (Å²) >= 11 is 5.86. The lowest BCUT2D eigenvalue weighted by Crippen LogP contribution is -2.38. The highest BCUT2D eigenvalue weighted by Crippen LogP contribution is 2.27. The van der Waals surface area contributed by atoms with Crippen molar-refractivity contribution in [1.82, 2.24) is 5.32 Å². The van der Waals surface area contributed by atoms with Gasteiger partial charge in [-0.2, -0.15) is 0 Å². The van der Waals surface area contributed by atoms with Crippen LogP contribution in [-0.4, -0.2) is 32.8 Å². The van der Waals surface area contributed by atoms with Gasteiger partial charge in [-0.15, -0.1) is 0 Å². The summed E-state index contributed by atoms with van der Waals surface area (Å²) in [6.07, 6.45) is 0.718. The molecule has 0 saturated heterocycles. The number of hydrogen-bond acceptors (Lipinski definition) is 4. The van der Waals surface area contributed by atoms with E-state index in [0.717, 1.165) is 5.56 Å². The van der Waals surface area contributed by atoms with Crippen molar-refractivity contribution in [1.29, 1.82) is 0 Å². The Morgan fingerprint density at radius 3 is 2.38 bits per heavy atom. The first-order valence-electron chi connectivity index (χ1n) is 8.48. The van der Waals surface area contributed by atoms with Gasteiger partial charge in [0.2, 0.25) is 0 Å². The van der Waals surface area contributed by atoms with Gasteiger partial charge in [-0.25, -0.2) is 0 Å². The Kier molecular flexibility index (Phi) is 7.60. The van der Waals surface area contributed by atoms with E-state index in [0.29, 0.717) is 41.7 Å². The van der Waals surface area contributed by atoms with Gasteiger partial charge in [0, 0.05) is 11.6 Å². The first kappa shape index (κ1) is 19.9. The first-order chi connectivity index (χ1) is 12.6. The Hall–Kier alpha value is -2.40. The second kappa shape index (κ2) is 9.92. The zero-order valence-corrected chi connectivity index (χ0v) is 16.0. The summed E-state index contributed by atoms with van der Waals surface area (Å²) < 4.78 is 16.3. The Morgan fingerprint density at radius 2 is 1.77 bits per heavy atom. The van der Waals surface area contributed by atoms with Crippen molar-refractivity contribution in [2.75, 3.05) is 20.8 Å². The molecule has 0 saturated carbocycles. The summed E-state index contributed by atoms with van der Waals surface area (Å²) in [5, 5.41) is 3.55. The number of nitrogens with one attached hydrogen (secondary N) is 1. The molecule has 0 aliphatic carbocycles. The zero-order valence-electron chi connectivity index (χ0n) is 15.3. The fourth-order valence-electron chi connectivity index (χ4n) is 2.48. The van der Waals surface area contributed by atoms with E-state index in [1.54, 1.807) is 38.5 Å². The van der Waals surface area contributed by atoms with E-state index < -0.39 is 6.10 Å². The van der Waals surface area contributed by atoms with Crippen LogP contribution in [0.3, 0.4) is 0 Å². The third kappa shape index (κ3) is 5.56. The van der Waals surface area contributed by atoms with E-state index in [2.05, 4.69) is 5.32 Å². The standard InChI is InChI=1S/C20H24ClNO4/c1-4-17(26-16-8-6-15(21)7-9-16)20(23)22-12-11-14-5-10-18(24-2)19(13-14)25-3/h5-10,13,17H,4,11-12H2,1-3H3,(H,22,23)/t17-/m0/s1. The van der Waals surface area contributed by atoms with Gasteiger partial charge >= 0.3 is 0 Å². The molecule has 0 fully saturated rings. The van der Waals surface area contributed by atoms with Gasteiger partial charge in [-0.05, 0) is 54.8 Å². The number of methoxy groups -OCH3 is 2. The molecule has 0 radical (unpaired) electrons. The minimum atomic E-state index is -0.540. The van der Waals surface area contributed by atoms with Gasteiger partial charge in [0.05, 0.1) is 14.2 Å². The molecule has 0 heterocycles. The molecule has 2 rings (SSSR count).